The van der Waals surface area contributed by atoms with Gasteiger partial charge in [0, 0.05) is 23.5 Å². The monoisotopic (exact) mass is 405 g/mol. The number of nitrogens with zero attached hydrogens (tertiary/aromatic N) is 5. The van der Waals surface area contributed by atoms with Crippen LogP contribution in [0.15, 0.2) is 42.9 Å². The molecule has 1 atom stereocenters. The minimum Gasteiger partial charge on any atom is -0.394 e. The number of nitriles is 1. The molecule has 1 amide bonds. The maximum absolute atomic E-state index is 12.3. The molecule has 9 heteroatoms. The lowest BCUT2D eigenvalue weighted by Gasteiger charge is -2.11. The van der Waals surface area contributed by atoms with Crippen molar-refractivity contribution in [1.29, 1.82) is 5.26 Å². The van der Waals surface area contributed by atoms with Crippen molar-refractivity contribution in [3.05, 3.63) is 54.0 Å². The Kier molecular flexibility index (Phi) is 6.72. The number of rotatable bonds is 8. The topological polar surface area (TPSA) is 129 Å². The number of anilines is 2. The summed E-state index contributed by atoms with van der Waals surface area (Å²) in [6, 6.07) is 8.62. The standard InChI is InChI=1S/C21H23N7O2/c1-3-17(10-22)25-20(30)16-6-4-15(5-7-16)19-14(2)11-23-21(27-19)26-18-12-24-28(13-18)8-9-29/h4-7,11-13,17,29H,3,8-9H2,1-2H3,(H,25,30)(H,23,26,27). The molecule has 30 heavy (non-hydrogen) atoms. The van der Waals surface area contributed by atoms with Crippen LogP contribution in [-0.2, 0) is 6.54 Å². The predicted molar refractivity (Wildman–Crippen MR) is 112 cm³/mol. The molecule has 0 saturated heterocycles. The van der Waals surface area contributed by atoms with E-state index in [4.69, 9.17) is 10.4 Å². The number of benzene rings is 1. The van der Waals surface area contributed by atoms with Crippen LogP contribution in [0.1, 0.15) is 29.3 Å². The van der Waals surface area contributed by atoms with Gasteiger partial charge in [0.25, 0.3) is 5.91 Å². The summed E-state index contributed by atoms with van der Waals surface area (Å²) >= 11 is 0. The first-order valence-electron chi connectivity index (χ1n) is 9.59. The number of carbonyl (C=O) groups is 1. The number of aliphatic hydroxyl groups excluding tert-OH is 1. The van der Waals surface area contributed by atoms with E-state index in [1.165, 1.54) is 0 Å². The molecule has 1 unspecified atom stereocenters. The fourth-order valence-corrected chi connectivity index (χ4v) is 2.82. The Balaban J connectivity index is 1.77. The van der Waals surface area contributed by atoms with Gasteiger partial charge in [-0.15, -0.1) is 0 Å². The molecule has 0 aliphatic rings. The van der Waals surface area contributed by atoms with Crippen molar-refractivity contribution in [3.8, 4) is 17.3 Å². The van der Waals surface area contributed by atoms with Crippen molar-refractivity contribution in [2.75, 3.05) is 11.9 Å². The van der Waals surface area contributed by atoms with Crippen LogP contribution in [0, 0.1) is 18.3 Å². The second-order valence-corrected chi connectivity index (χ2v) is 6.71. The normalized spacial score (nSPS) is 11.5. The van der Waals surface area contributed by atoms with E-state index in [9.17, 15) is 4.79 Å². The third kappa shape index (κ3) is 4.98. The third-order valence-electron chi connectivity index (χ3n) is 4.48. The fraction of sp³-hybridized carbons (Fsp3) is 0.286. The molecule has 154 valence electrons. The highest BCUT2D eigenvalue weighted by Crippen LogP contribution is 2.23. The van der Waals surface area contributed by atoms with Crippen molar-refractivity contribution in [1.82, 2.24) is 25.1 Å². The van der Waals surface area contributed by atoms with E-state index in [0.717, 1.165) is 16.8 Å². The number of hydrogen-bond acceptors (Lipinski definition) is 7. The summed E-state index contributed by atoms with van der Waals surface area (Å²) in [7, 11) is 0. The van der Waals surface area contributed by atoms with E-state index in [2.05, 4.69) is 31.8 Å². The van der Waals surface area contributed by atoms with Gasteiger partial charge in [-0.2, -0.15) is 10.4 Å². The molecule has 0 aliphatic carbocycles. The zero-order chi connectivity index (χ0) is 21.5. The lowest BCUT2D eigenvalue weighted by atomic mass is 10.1. The van der Waals surface area contributed by atoms with Crippen LogP contribution in [0.5, 0.6) is 0 Å². The summed E-state index contributed by atoms with van der Waals surface area (Å²) in [4.78, 5) is 21.2. The number of nitrogens with one attached hydrogen (secondary N) is 2. The van der Waals surface area contributed by atoms with Gasteiger partial charge < -0.3 is 15.7 Å². The van der Waals surface area contributed by atoms with Crippen molar-refractivity contribution < 1.29 is 9.90 Å². The second-order valence-electron chi connectivity index (χ2n) is 6.71. The van der Waals surface area contributed by atoms with Crippen LogP contribution in [-0.4, -0.2) is 43.4 Å². The second kappa shape index (κ2) is 9.62. The number of carbonyl (C=O) groups excluding carboxylic acids is 1. The van der Waals surface area contributed by atoms with Crippen molar-refractivity contribution in [2.24, 2.45) is 0 Å². The Hall–Kier alpha value is -3.77. The first-order chi connectivity index (χ1) is 14.5. The Labute approximate surface area is 174 Å². The van der Waals surface area contributed by atoms with E-state index >= 15 is 0 Å². The average Bonchev–Trinajstić information content (AvgIpc) is 3.20. The summed E-state index contributed by atoms with van der Waals surface area (Å²) in [6.45, 7) is 4.18. The van der Waals surface area contributed by atoms with E-state index in [0.29, 0.717) is 30.2 Å². The van der Waals surface area contributed by atoms with E-state index in [1.54, 1.807) is 35.4 Å². The molecule has 9 nitrogen and oxygen atoms in total. The van der Waals surface area contributed by atoms with Crippen LogP contribution in [0.25, 0.3) is 11.3 Å². The van der Waals surface area contributed by atoms with Gasteiger partial charge in [-0.25, -0.2) is 9.97 Å². The first kappa shape index (κ1) is 21.0. The van der Waals surface area contributed by atoms with E-state index < -0.39 is 6.04 Å². The molecule has 2 aromatic heterocycles. The molecule has 3 rings (SSSR count). The van der Waals surface area contributed by atoms with Gasteiger partial charge in [-0.3, -0.25) is 9.48 Å². The van der Waals surface area contributed by atoms with Crippen molar-refractivity contribution in [3.63, 3.8) is 0 Å². The quantitative estimate of drug-likeness (QED) is 0.525. The van der Waals surface area contributed by atoms with Crippen molar-refractivity contribution >= 4 is 17.5 Å². The molecule has 0 spiro atoms. The molecule has 0 aliphatic heterocycles. The zero-order valence-corrected chi connectivity index (χ0v) is 16.8. The highest BCUT2D eigenvalue weighted by atomic mass is 16.3. The number of amides is 1. The van der Waals surface area contributed by atoms with Gasteiger partial charge in [0.1, 0.15) is 6.04 Å². The van der Waals surface area contributed by atoms with Gasteiger partial charge in [0.05, 0.1) is 36.8 Å². The molecule has 3 N–H and O–H groups in total. The predicted octanol–water partition coefficient (Wildman–Crippen LogP) is 2.42. The Morgan fingerprint density at radius 1 is 1.30 bits per heavy atom. The van der Waals surface area contributed by atoms with E-state index in [1.807, 2.05) is 26.0 Å². The maximum atomic E-state index is 12.3. The molecule has 0 saturated carbocycles. The first-order valence-corrected chi connectivity index (χ1v) is 9.59. The minimum absolute atomic E-state index is 0.00985. The third-order valence-corrected chi connectivity index (χ3v) is 4.48. The number of aryl methyl sites for hydroxylation is 1. The van der Waals surface area contributed by atoms with Gasteiger partial charge >= 0.3 is 0 Å². The Morgan fingerprint density at radius 2 is 2.07 bits per heavy atom. The zero-order valence-electron chi connectivity index (χ0n) is 16.8. The van der Waals surface area contributed by atoms with Gasteiger partial charge in [-0.1, -0.05) is 19.1 Å². The van der Waals surface area contributed by atoms with Crippen LogP contribution in [0.3, 0.4) is 0 Å². The largest absolute Gasteiger partial charge is 0.394 e. The van der Waals surface area contributed by atoms with Gasteiger partial charge in [-0.05, 0) is 31.0 Å². The van der Waals surface area contributed by atoms with Crippen LogP contribution in [0.2, 0.25) is 0 Å². The Bertz CT molecular complexity index is 1050. The highest BCUT2D eigenvalue weighted by molar-refractivity contribution is 5.95. The number of aliphatic hydroxyl groups is 1. The summed E-state index contributed by atoms with van der Waals surface area (Å²) in [5.74, 6) is 0.136. The summed E-state index contributed by atoms with van der Waals surface area (Å²) < 4.78 is 1.62. The number of hydrogen-bond donors (Lipinski definition) is 3. The summed E-state index contributed by atoms with van der Waals surface area (Å²) in [5, 5.41) is 27.9. The Morgan fingerprint density at radius 3 is 2.73 bits per heavy atom. The van der Waals surface area contributed by atoms with Crippen molar-refractivity contribution in [2.45, 2.75) is 32.9 Å². The molecule has 0 fully saturated rings. The maximum Gasteiger partial charge on any atom is 0.252 e. The lowest BCUT2D eigenvalue weighted by Crippen LogP contribution is -2.33. The molecule has 0 radical (unpaired) electrons. The lowest BCUT2D eigenvalue weighted by molar-refractivity contribution is 0.0944. The smallest absolute Gasteiger partial charge is 0.252 e. The molecular formula is C21H23N7O2. The minimum atomic E-state index is -0.503. The average molecular weight is 405 g/mol. The van der Waals surface area contributed by atoms with E-state index in [-0.39, 0.29) is 12.5 Å². The highest BCUT2D eigenvalue weighted by Gasteiger charge is 2.13. The van der Waals surface area contributed by atoms with Gasteiger partial charge in [0.2, 0.25) is 5.95 Å². The molecular weight excluding hydrogens is 382 g/mol. The molecule has 0 bridgehead atoms. The van der Waals surface area contributed by atoms with Crippen LogP contribution < -0.4 is 10.6 Å². The van der Waals surface area contributed by atoms with Gasteiger partial charge in [0.15, 0.2) is 0 Å². The summed E-state index contributed by atoms with van der Waals surface area (Å²) in [6.07, 6.45) is 5.67. The SMILES string of the molecule is CCC(C#N)NC(=O)c1ccc(-c2nc(Nc3cnn(CCO)c3)ncc2C)cc1. The molecule has 3 aromatic rings. The molecule has 1 aromatic carbocycles. The van der Waals surface area contributed by atoms with Crippen LogP contribution in [0.4, 0.5) is 11.6 Å². The summed E-state index contributed by atoms with van der Waals surface area (Å²) in [5.41, 5.74) is 3.68. The fourth-order valence-electron chi connectivity index (χ4n) is 2.82. The number of aromatic nitrogens is 4. The van der Waals surface area contributed by atoms with Crippen LogP contribution >= 0.6 is 0 Å². The molecule has 2 heterocycles.